The summed E-state index contributed by atoms with van der Waals surface area (Å²) in [6.45, 7) is 0.243. The van der Waals surface area contributed by atoms with Gasteiger partial charge < -0.3 is 4.74 Å². The molecule has 4 nitrogen and oxygen atoms in total. The van der Waals surface area contributed by atoms with Crippen molar-refractivity contribution in [3.8, 4) is 0 Å². The van der Waals surface area contributed by atoms with Gasteiger partial charge in [0.25, 0.3) is 0 Å². The van der Waals surface area contributed by atoms with Crippen molar-refractivity contribution in [3.05, 3.63) is 28.2 Å². The Morgan fingerprint density at radius 1 is 1.32 bits per heavy atom. The highest BCUT2D eigenvalue weighted by Gasteiger charge is 2.20. The molecular formula is C11H14Cl3NO3S. The summed E-state index contributed by atoms with van der Waals surface area (Å²) in [4.78, 5) is 0.0533. The highest BCUT2D eigenvalue weighted by molar-refractivity contribution is 7.89. The van der Waals surface area contributed by atoms with Gasteiger partial charge in [0.15, 0.2) is 0 Å². The number of methoxy groups -OCH3 is 1. The maximum Gasteiger partial charge on any atom is 0.240 e. The number of ether oxygens (including phenoxy) is 1. The Bertz CT molecular complexity index is 516. The number of hydrogen-bond donors (Lipinski definition) is 1. The molecule has 1 rings (SSSR count). The lowest BCUT2D eigenvalue weighted by Crippen LogP contribution is -2.38. The molecule has 0 aliphatic carbocycles. The summed E-state index contributed by atoms with van der Waals surface area (Å²) in [7, 11) is -2.18. The largest absolute Gasteiger partial charge is 0.383 e. The molecule has 1 aromatic carbocycles. The summed E-state index contributed by atoms with van der Waals surface area (Å²) in [5.74, 6) is 0.331. The van der Waals surface area contributed by atoms with Gasteiger partial charge in [0.05, 0.1) is 21.5 Å². The van der Waals surface area contributed by atoms with Crippen LogP contribution in [0.25, 0.3) is 0 Å². The molecule has 0 fully saturated rings. The number of rotatable bonds is 7. The Morgan fingerprint density at radius 2 is 2.00 bits per heavy atom. The standard InChI is InChI=1S/C11H14Cl3NO3S/c1-18-7-8(4-5-12)15-19(16,17)9-2-3-10(13)11(14)6-9/h2-3,6,8,15H,4-5,7H2,1H3. The molecule has 1 unspecified atom stereocenters. The van der Waals surface area contributed by atoms with E-state index in [0.717, 1.165) is 0 Å². The summed E-state index contributed by atoms with van der Waals surface area (Å²) in [5.41, 5.74) is 0. The molecule has 0 bridgehead atoms. The molecule has 108 valence electrons. The van der Waals surface area contributed by atoms with Gasteiger partial charge in [-0.1, -0.05) is 23.2 Å². The van der Waals surface area contributed by atoms with Crippen LogP contribution in [-0.4, -0.2) is 34.1 Å². The second kappa shape index (κ2) is 7.67. The third-order valence-electron chi connectivity index (χ3n) is 2.35. The van der Waals surface area contributed by atoms with Crippen LogP contribution in [0.5, 0.6) is 0 Å². The molecule has 0 spiro atoms. The average molecular weight is 347 g/mol. The van der Waals surface area contributed by atoms with Crippen LogP contribution in [0.1, 0.15) is 6.42 Å². The van der Waals surface area contributed by atoms with Crippen LogP contribution in [-0.2, 0) is 14.8 Å². The van der Waals surface area contributed by atoms with E-state index in [4.69, 9.17) is 39.5 Å². The van der Waals surface area contributed by atoms with E-state index in [-0.39, 0.29) is 22.6 Å². The van der Waals surface area contributed by atoms with Crippen LogP contribution < -0.4 is 4.72 Å². The molecular weight excluding hydrogens is 333 g/mol. The van der Waals surface area contributed by atoms with Crippen molar-refractivity contribution in [2.24, 2.45) is 0 Å². The minimum absolute atomic E-state index is 0.0533. The van der Waals surface area contributed by atoms with Crippen molar-refractivity contribution in [2.45, 2.75) is 17.4 Å². The van der Waals surface area contributed by atoms with Crippen LogP contribution in [0.4, 0.5) is 0 Å². The molecule has 1 aromatic rings. The molecule has 0 saturated heterocycles. The van der Waals surface area contributed by atoms with E-state index in [1.165, 1.54) is 25.3 Å². The average Bonchev–Trinajstić information content (AvgIpc) is 2.32. The van der Waals surface area contributed by atoms with Crippen molar-refractivity contribution in [3.63, 3.8) is 0 Å². The minimum atomic E-state index is -3.67. The zero-order chi connectivity index (χ0) is 14.5. The second-order valence-corrected chi connectivity index (χ2v) is 6.73. The van der Waals surface area contributed by atoms with Crippen LogP contribution in [0.3, 0.4) is 0 Å². The van der Waals surface area contributed by atoms with Gasteiger partial charge in [0, 0.05) is 19.0 Å². The number of benzene rings is 1. The Hall–Kier alpha value is -0.0400. The smallest absolute Gasteiger partial charge is 0.240 e. The highest BCUT2D eigenvalue weighted by atomic mass is 35.5. The lowest BCUT2D eigenvalue weighted by Gasteiger charge is -2.17. The summed E-state index contributed by atoms with van der Waals surface area (Å²) in [6, 6.07) is 3.74. The quantitative estimate of drug-likeness (QED) is 0.772. The fourth-order valence-electron chi connectivity index (χ4n) is 1.44. The van der Waals surface area contributed by atoms with Crippen LogP contribution in [0, 0.1) is 0 Å². The van der Waals surface area contributed by atoms with Gasteiger partial charge in [-0.25, -0.2) is 13.1 Å². The van der Waals surface area contributed by atoms with Crippen LogP contribution in [0.15, 0.2) is 23.1 Å². The first kappa shape index (κ1) is 17.0. The van der Waals surface area contributed by atoms with Crippen molar-refractivity contribution in [1.29, 1.82) is 0 Å². The molecule has 0 heterocycles. The van der Waals surface area contributed by atoms with Gasteiger partial charge in [-0.3, -0.25) is 0 Å². The SMILES string of the molecule is COCC(CCCl)NS(=O)(=O)c1ccc(Cl)c(Cl)c1. The van der Waals surface area contributed by atoms with Crippen molar-refractivity contribution < 1.29 is 13.2 Å². The molecule has 1 atom stereocenters. The van der Waals surface area contributed by atoms with Gasteiger partial charge in [-0.2, -0.15) is 0 Å². The predicted molar refractivity (Wildman–Crippen MR) is 77.8 cm³/mol. The Balaban J connectivity index is 2.92. The maximum atomic E-state index is 12.1. The molecule has 8 heteroatoms. The second-order valence-electron chi connectivity index (χ2n) is 3.83. The molecule has 0 amide bonds. The van der Waals surface area contributed by atoms with Gasteiger partial charge in [-0.15, -0.1) is 11.6 Å². The van der Waals surface area contributed by atoms with Crippen LogP contribution >= 0.6 is 34.8 Å². The molecule has 0 radical (unpaired) electrons. The highest BCUT2D eigenvalue weighted by Crippen LogP contribution is 2.24. The summed E-state index contributed by atoms with van der Waals surface area (Å²) < 4.78 is 31.8. The minimum Gasteiger partial charge on any atom is -0.383 e. The van der Waals surface area contributed by atoms with Gasteiger partial charge in [0.1, 0.15) is 0 Å². The Labute approximate surface area is 128 Å². The maximum absolute atomic E-state index is 12.1. The first-order valence-corrected chi connectivity index (χ1v) is 8.20. The topological polar surface area (TPSA) is 55.4 Å². The fourth-order valence-corrected chi connectivity index (χ4v) is 3.35. The van der Waals surface area contributed by atoms with Crippen molar-refractivity contribution in [2.75, 3.05) is 19.6 Å². The Morgan fingerprint density at radius 3 is 2.53 bits per heavy atom. The number of nitrogens with one attached hydrogen (secondary N) is 1. The molecule has 0 aliphatic heterocycles. The van der Waals surface area contributed by atoms with Gasteiger partial charge >= 0.3 is 0 Å². The first-order chi connectivity index (χ1) is 8.90. The number of hydrogen-bond acceptors (Lipinski definition) is 3. The number of sulfonamides is 1. The normalized spacial score (nSPS) is 13.5. The molecule has 19 heavy (non-hydrogen) atoms. The molecule has 1 N–H and O–H groups in total. The first-order valence-electron chi connectivity index (χ1n) is 5.43. The van der Waals surface area contributed by atoms with E-state index in [0.29, 0.717) is 17.3 Å². The van der Waals surface area contributed by atoms with Crippen molar-refractivity contribution in [1.82, 2.24) is 4.72 Å². The van der Waals surface area contributed by atoms with E-state index >= 15 is 0 Å². The fraction of sp³-hybridized carbons (Fsp3) is 0.455. The lowest BCUT2D eigenvalue weighted by atomic mass is 10.3. The van der Waals surface area contributed by atoms with Gasteiger partial charge in [-0.05, 0) is 24.6 Å². The third kappa shape index (κ3) is 5.10. The molecule has 0 saturated carbocycles. The zero-order valence-corrected chi connectivity index (χ0v) is 13.3. The molecule has 0 aromatic heterocycles. The van der Waals surface area contributed by atoms with E-state index in [2.05, 4.69) is 4.72 Å². The van der Waals surface area contributed by atoms with E-state index in [9.17, 15) is 8.42 Å². The summed E-state index contributed by atoms with van der Waals surface area (Å²) in [5, 5.41) is 0.486. The van der Waals surface area contributed by atoms with E-state index < -0.39 is 10.0 Å². The van der Waals surface area contributed by atoms with Crippen molar-refractivity contribution >= 4 is 44.8 Å². The van der Waals surface area contributed by atoms with E-state index in [1.54, 1.807) is 0 Å². The third-order valence-corrected chi connectivity index (χ3v) is 4.82. The predicted octanol–water partition coefficient (Wildman–Crippen LogP) is 2.92. The summed E-state index contributed by atoms with van der Waals surface area (Å²) in [6.07, 6.45) is 0.468. The zero-order valence-electron chi connectivity index (χ0n) is 10.2. The van der Waals surface area contributed by atoms with Crippen LogP contribution in [0.2, 0.25) is 10.0 Å². The Kier molecular flexibility index (Phi) is 6.86. The van der Waals surface area contributed by atoms with Gasteiger partial charge in [0.2, 0.25) is 10.0 Å². The monoisotopic (exact) mass is 345 g/mol. The van der Waals surface area contributed by atoms with E-state index in [1.807, 2.05) is 0 Å². The number of halogens is 3. The lowest BCUT2D eigenvalue weighted by molar-refractivity contribution is 0.173. The summed E-state index contributed by atoms with van der Waals surface area (Å²) >= 11 is 17.2. The molecule has 0 aliphatic rings. The number of alkyl halides is 1.